The van der Waals surface area contributed by atoms with E-state index in [4.69, 9.17) is 10.2 Å². The van der Waals surface area contributed by atoms with Crippen LogP contribution in [0.25, 0.3) is 11.3 Å². The SMILES string of the molecule is Cc1nc(-c2ccc(N(CCO)CCO)cc2)cs1. The average Bonchev–Trinajstić information content (AvgIpc) is 2.85. The Balaban J connectivity index is 2.17. The number of aliphatic hydroxyl groups is 2. The Hall–Kier alpha value is -1.43. The molecule has 0 spiro atoms. The van der Waals surface area contributed by atoms with Crippen LogP contribution in [-0.4, -0.2) is 41.5 Å². The molecule has 0 aliphatic heterocycles. The van der Waals surface area contributed by atoms with Crippen LogP contribution in [0.4, 0.5) is 5.69 Å². The van der Waals surface area contributed by atoms with Gasteiger partial charge in [-0.3, -0.25) is 0 Å². The summed E-state index contributed by atoms with van der Waals surface area (Å²) in [5.74, 6) is 0. The first-order valence-electron chi connectivity index (χ1n) is 6.24. The van der Waals surface area contributed by atoms with Gasteiger partial charge in [-0.2, -0.15) is 0 Å². The third kappa shape index (κ3) is 3.53. The Bertz CT molecular complexity index is 504. The van der Waals surface area contributed by atoms with E-state index >= 15 is 0 Å². The van der Waals surface area contributed by atoms with Crippen molar-refractivity contribution < 1.29 is 10.2 Å². The summed E-state index contributed by atoms with van der Waals surface area (Å²) in [6.45, 7) is 3.19. The molecule has 4 nitrogen and oxygen atoms in total. The van der Waals surface area contributed by atoms with E-state index in [-0.39, 0.29) is 13.2 Å². The summed E-state index contributed by atoms with van der Waals surface area (Å²) < 4.78 is 0. The first-order valence-corrected chi connectivity index (χ1v) is 7.12. The molecule has 0 bridgehead atoms. The number of rotatable bonds is 6. The van der Waals surface area contributed by atoms with Crippen LogP contribution in [0.3, 0.4) is 0 Å². The van der Waals surface area contributed by atoms with Crippen molar-refractivity contribution in [3.63, 3.8) is 0 Å². The molecule has 2 N–H and O–H groups in total. The smallest absolute Gasteiger partial charge is 0.0901 e. The zero-order valence-electron chi connectivity index (χ0n) is 10.9. The van der Waals surface area contributed by atoms with Gasteiger partial charge in [-0.25, -0.2) is 4.98 Å². The summed E-state index contributed by atoms with van der Waals surface area (Å²) in [7, 11) is 0. The first kappa shape index (κ1) is 14.0. The standard InChI is InChI=1S/C14H18N2O2S/c1-11-15-14(10-19-11)12-2-4-13(5-3-12)16(6-8-17)7-9-18/h2-5,10,17-18H,6-9H2,1H3. The quantitative estimate of drug-likeness (QED) is 0.847. The lowest BCUT2D eigenvalue weighted by atomic mass is 10.1. The number of thiazole rings is 1. The molecule has 1 aromatic carbocycles. The molecule has 0 aliphatic carbocycles. The fourth-order valence-corrected chi connectivity index (χ4v) is 2.57. The van der Waals surface area contributed by atoms with E-state index in [1.54, 1.807) is 11.3 Å². The van der Waals surface area contributed by atoms with Crippen LogP contribution in [0.15, 0.2) is 29.6 Å². The van der Waals surface area contributed by atoms with Crippen molar-refractivity contribution in [2.45, 2.75) is 6.92 Å². The molecular weight excluding hydrogens is 260 g/mol. The van der Waals surface area contributed by atoms with Crippen molar-refractivity contribution >= 4 is 17.0 Å². The summed E-state index contributed by atoms with van der Waals surface area (Å²) in [5, 5.41) is 21.2. The minimum atomic E-state index is 0.0764. The van der Waals surface area contributed by atoms with E-state index in [0.29, 0.717) is 13.1 Å². The van der Waals surface area contributed by atoms with Gasteiger partial charge in [-0.1, -0.05) is 12.1 Å². The lowest BCUT2D eigenvalue weighted by molar-refractivity contribution is 0.281. The number of aromatic nitrogens is 1. The average molecular weight is 278 g/mol. The fraction of sp³-hybridized carbons (Fsp3) is 0.357. The van der Waals surface area contributed by atoms with E-state index in [0.717, 1.165) is 22.0 Å². The molecule has 0 atom stereocenters. The maximum absolute atomic E-state index is 9.03. The van der Waals surface area contributed by atoms with Crippen LogP contribution in [0.5, 0.6) is 0 Å². The Labute approximate surface area is 117 Å². The lowest BCUT2D eigenvalue weighted by Gasteiger charge is -2.23. The van der Waals surface area contributed by atoms with Crippen LogP contribution in [-0.2, 0) is 0 Å². The van der Waals surface area contributed by atoms with Crippen LogP contribution in [0.1, 0.15) is 5.01 Å². The van der Waals surface area contributed by atoms with E-state index in [9.17, 15) is 0 Å². The second kappa shape index (κ2) is 6.65. The number of anilines is 1. The summed E-state index contributed by atoms with van der Waals surface area (Å²) in [6, 6.07) is 8.03. The molecule has 0 unspecified atom stereocenters. The molecule has 0 saturated carbocycles. The third-order valence-corrected chi connectivity index (χ3v) is 3.66. The summed E-state index contributed by atoms with van der Waals surface area (Å²) >= 11 is 1.64. The predicted octanol–water partition coefficient (Wildman–Crippen LogP) is 1.91. The maximum atomic E-state index is 9.03. The Morgan fingerprint density at radius 1 is 1.11 bits per heavy atom. The summed E-state index contributed by atoms with van der Waals surface area (Å²) in [6.07, 6.45) is 0. The van der Waals surface area contributed by atoms with Gasteiger partial charge in [-0.05, 0) is 19.1 Å². The first-order chi connectivity index (χ1) is 9.24. The van der Waals surface area contributed by atoms with Crippen molar-refractivity contribution in [2.75, 3.05) is 31.2 Å². The highest BCUT2D eigenvalue weighted by atomic mass is 32.1. The number of aliphatic hydroxyl groups excluding tert-OH is 2. The Kier molecular flexibility index (Phi) is 4.90. The van der Waals surface area contributed by atoms with Crippen molar-refractivity contribution in [3.05, 3.63) is 34.7 Å². The molecule has 0 amide bonds. The molecule has 0 aliphatic rings. The highest BCUT2D eigenvalue weighted by Gasteiger charge is 2.07. The zero-order chi connectivity index (χ0) is 13.7. The fourth-order valence-electron chi connectivity index (χ4n) is 1.95. The van der Waals surface area contributed by atoms with Crippen molar-refractivity contribution in [1.82, 2.24) is 4.98 Å². The summed E-state index contributed by atoms with van der Waals surface area (Å²) in [5.41, 5.74) is 3.07. The van der Waals surface area contributed by atoms with Gasteiger partial charge >= 0.3 is 0 Å². The van der Waals surface area contributed by atoms with Gasteiger partial charge in [0.1, 0.15) is 0 Å². The van der Waals surface area contributed by atoms with Crippen molar-refractivity contribution in [1.29, 1.82) is 0 Å². The summed E-state index contributed by atoms with van der Waals surface area (Å²) in [4.78, 5) is 6.41. The molecule has 19 heavy (non-hydrogen) atoms. The van der Waals surface area contributed by atoms with Crippen molar-refractivity contribution in [2.24, 2.45) is 0 Å². The van der Waals surface area contributed by atoms with Gasteiger partial charge in [0.25, 0.3) is 0 Å². The molecule has 0 radical (unpaired) electrons. The normalized spacial score (nSPS) is 10.7. The minimum absolute atomic E-state index is 0.0764. The number of benzene rings is 1. The van der Waals surface area contributed by atoms with Crippen LogP contribution in [0, 0.1) is 6.92 Å². The number of aryl methyl sites for hydroxylation is 1. The van der Waals surface area contributed by atoms with E-state index in [2.05, 4.69) is 4.98 Å². The molecule has 2 rings (SSSR count). The van der Waals surface area contributed by atoms with E-state index in [1.165, 1.54) is 0 Å². The van der Waals surface area contributed by atoms with E-state index in [1.807, 2.05) is 41.5 Å². The van der Waals surface area contributed by atoms with Gasteiger partial charge in [0.15, 0.2) is 0 Å². The number of hydrogen-bond donors (Lipinski definition) is 2. The van der Waals surface area contributed by atoms with Gasteiger partial charge in [-0.15, -0.1) is 11.3 Å². The zero-order valence-corrected chi connectivity index (χ0v) is 11.7. The lowest BCUT2D eigenvalue weighted by Crippen LogP contribution is -2.29. The van der Waals surface area contributed by atoms with Gasteiger partial charge < -0.3 is 15.1 Å². The monoisotopic (exact) mass is 278 g/mol. The van der Waals surface area contributed by atoms with Crippen LogP contribution in [0.2, 0.25) is 0 Å². The van der Waals surface area contributed by atoms with Crippen LogP contribution < -0.4 is 4.90 Å². The van der Waals surface area contributed by atoms with E-state index < -0.39 is 0 Å². The molecule has 2 aromatic rings. The number of nitrogens with zero attached hydrogens (tertiary/aromatic N) is 2. The molecular formula is C14H18N2O2S. The molecule has 0 saturated heterocycles. The minimum Gasteiger partial charge on any atom is -0.395 e. The third-order valence-electron chi connectivity index (χ3n) is 2.89. The largest absolute Gasteiger partial charge is 0.395 e. The highest BCUT2D eigenvalue weighted by Crippen LogP contribution is 2.24. The second-order valence-corrected chi connectivity index (χ2v) is 5.30. The molecule has 1 heterocycles. The molecule has 102 valence electrons. The topological polar surface area (TPSA) is 56.6 Å². The molecule has 0 fully saturated rings. The maximum Gasteiger partial charge on any atom is 0.0901 e. The van der Waals surface area contributed by atoms with Gasteiger partial charge in [0.05, 0.1) is 23.9 Å². The molecule has 5 heteroatoms. The Morgan fingerprint density at radius 3 is 2.21 bits per heavy atom. The predicted molar refractivity (Wildman–Crippen MR) is 78.7 cm³/mol. The molecule has 1 aromatic heterocycles. The number of hydrogen-bond acceptors (Lipinski definition) is 5. The van der Waals surface area contributed by atoms with Gasteiger partial charge in [0, 0.05) is 29.7 Å². The van der Waals surface area contributed by atoms with Crippen molar-refractivity contribution in [3.8, 4) is 11.3 Å². The van der Waals surface area contributed by atoms with Gasteiger partial charge in [0.2, 0.25) is 0 Å². The highest BCUT2D eigenvalue weighted by molar-refractivity contribution is 7.09. The Morgan fingerprint density at radius 2 is 1.74 bits per heavy atom. The van der Waals surface area contributed by atoms with Crippen LogP contribution >= 0.6 is 11.3 Å². The second-order valence-electron chi connectivity index (χ2n) is 4.23.